The molecule has 29 heavy (non-hydrogen) atoms. The van der Waals surface area contributed by atoms with Crippen LogP contribution in [0.15, 0.2) is 11.6 Å². The molecule has 2 rings (SSSR count). The van der Waals surface area contributed by atoms with Crippen molar-refractivity contribution in [2.45, 2.75) is 78.7 Å². The lowest BCUT2D eigenvalue weighted by Crippen LogP contribution is -2.53. The van der Waals surface area contributed by atoms with E-state index >= 15 is 0 Å². The normalized spacial score (nSPS) is 35.0. The summed E-state index contributed by atoms with van der Waals surface area (Å²) in [5, 5.41) is 10.7. The molecule has 10 heteroatoms. The van der Waals surface area contributed by atoms with Crippen molar-refractivity contribution < 1.29 is 37.8 Å². The van der Waals surface area contributed by atoms with Crippen LogP contribution in [0.3, 0.4) is 0 Å². The van der Waals surface area contributed by atoms with E-state index in [9.17, 15) is 19.1 Å². The maximum atomic E-state index is 11.5. The van der Waals surface area contributed by atoms with Gasteiger partial charge in [-0.2, -0.15) is 4.31 Å². The Balaban J connectivity index is 1.96. The van der Waals surface area contributed by atoms with Crippen LogP contribution in [0.2, 0.25) is 0 Å². The van der Waals surface area contributed by atoms with Crippen molar-refractivity contribution in [2.75, 3.05) is 6.61 Å². The van der Waals surface area contributed by atoms with Gasteiger partial charge in [-0.15, -0.1) is 0 Å². The Morgan fingerprint density at radius 3 is 2.41 bits per heavy atom. The first-order valence-corrected chi connectivity index (χ1v) is 13.3. The quantitative estimate of drug-likeness (QED) is 0.310. The highest BCUT2D eigenvalue weighted by Gasteiger charge is 2.54. The average molecular weight is 454 g/mol. The van der Waals surface area contributed by atoms with E-state index in [0.29, 0.717) is 12.3 Å². The van der Waals surface area contributed by atoms with Crippen molar-refractivity contribution in [2.24, 2.45) is 22.7 Å². The fourth-order valence-corrected chi connectivity index (χ4v) is 7.27. The molecule has 0 amide bonds. The number of hydrogen-bond acceptors (Lipinski definition) is 5. The van der Waals surface area contributed by atoms with Gasteiger partial charge in [0.15, 0.2) is 0 Å². The zero-order chi connectivity index (χ0) is 22.1. The van der Waals surface area contributed by atoms with E-state index in [1.165, 1.54) is 12.8 Å². The molecule has 170 valence electrons. The molecular formula is C19H36O8P2. The summed E-state index contributed by atoms with van der Waals surface area (Å²) >= 11 is 0. The summed E-state index contributed by atoms with van der Waals surface area (Å²) in [6, 6.07) is 0. The summed E-state index contributed by atoms with van der Waals surface area (Å²) < 4.78 is 30.5. The van der Waals surface area contributed by atoms with E-state index in [4.69, 9.17) is 9.79 Å². The Kier molecular flexibility index (Phi) is 8.02. The zero-order valence-electron chi connectivity index (χ0n) is 17.8. The highest BCUT2D eigenvalue weighted by Crippen LogP contribution is 2.61. The van der Waals surface area contributed by atoms with Gasteiger partial charge in [-0.25, -0.2) is 9.13 Å². The fraction of sp³-hybridized carbons (Fsp3) is 0.895. The second-order valence-electron chi connectivity index (χ2n) is 9.58. The Hall–Kier alpha value is -0.0400. The summed E-state index contributed by atoms with van der Waals surface area (Å²) in [4.78, 5) is 26.5. The van der Waals surface area contributed by atoms with Crippen LogP contribution < -0.4 is 0 Å². The van der Waals surface area contributed by atoms with Gasteiger partial charge in [0.25, 0.3) is 0 Å². The minimum atomic E-state index is -5.11. The Labute approximate surface area is 173 Å². The van der Waals surface area contributed by atoms with E-state index in [2.05, 4.69) is 29.6 Å². The summed E-state index contributed by atoms with van der Waals surface area (Å²) in [6.45, 7) is 8.60. The van der Waals surface area contributed by atoms with Crippen molar-refractivity contribution >= 4 is 15.6 Å². The number of phosphoric acid groups is 2. The fourth-order valence-electron chi connectivity index (χ4n) is 5.75. The molecule has 2 saturated carbocycles. The monoisotopic (exact) mass is 454 g/mol. The van der Waals surface area contributed by atoms with Crippen LogP contribution in [0.25, 0.3) is 0 Å². The van der Waals surface area contributed by atoms with Gasteiger partial charge >= 0.3 is 15.6 Å². The largest absolute Gasteiger partial charge is 0.481 e. The van der Waals surface area contributed by atoms with Crippen LogP contribution in [0.4, 0.5) is 0 Å². The Morgan fingerprint density at radius 2 is 1.79 bits per heavy atom. The lowest BCUT2D eigenvalue weighted by molar-refractivity contribution is -0.125. The summed E-state index contributed by atoms with van der Waals surface area (Å²) in [6.07, 6.45) is 8.24. The van der Waals surface area contributed by atoms with Gasteiger partial charge in [-0.3, -0.25) is 4.52 Å². The molecule has 0 spiro atoms. The number of allylic oxidation sites excluding steroid dienone is 1. The van der Waals surface area contributed by atoms with E-state index in [-0.39, 0.29) is 29.5 Å². The summed E-state index contributed by atoms with van der Waals surface area (Å²) in [5.74, 6) is 0.793. The molecule has 8 nitrogen and oxygen atoms in total. The Bertz CT molecular complexity index is 700. The molecule has 4 N–H and O–H groups in total. The van der Waals surface area contributed by atoms with Gasteiger partial charge in [0.1, 0.15) is 0 Å². The molecule has 0 heterocycles. The average Bonchev–Trinajstić information content (AvgIpc) is 2.50. The zero-order valence-corrected chi connectivity index (χ0v) is 19.6. The third kappa shape index (κ3) is 6.72. The van der Waals surface area contributed by atoms with Crippen molar-refractivity contribution in [3.05, 3.63) is 11.6 Å². The van der Waals surface area contributed by atoms with Gasteiger partial charge in [0, 0.05) is 0 Å². The standard InChI is InChI=1S/C19H36O8P2/c1-14(10-13-26-29(24,25)27-28(21,22)23)6-7-15-16(20)8-9-17-18(2,3)11-5-12-19(15,17)4/h10,15-17,20H,5-9,11-13H2,1-4H3,(H,24,25)(H2,21,22,23)/b14-10+/t15-,16+,17+,19-/m0/s1. The van der Waals surface area contributed by atoms with E-state index in [0.717, 1.165) is 31.3 Å². The summed E-state index contributed by atoms with van der Waals surface area (Å²) in [7, 11) is -9.93. The second-order valence-corrected chi connectivity index (χ2v) is 12.4. The predicted molar refractivity (Wildman–Crippen MR) is 110 cm³/mol. The first kappa shape index (κ1) is 25.2. The highest BCUT2D eigenvalue weighted by atomic mass is 31.3. The van der Waals surface area contributed by atoms with E-state index in [1.54, 1.807) is 6.08 Å². The van der Waals surface area contributed by atoms with Gasteiger partial charge in [0.05, 0.1) is 12.7 Å². The first-order valence-electron chi connectivity index (χ1n) is 10.2. The van der Waals surface area contributed by atoms with Crippen LogP contribution in [-0.2, 0) is 18.0 Å². The molecule has 1 unspecified atom stereocenters. The van der Waals surface area contributed by atoms with Crippen LogP contribution in [0.5, 0.6) is 0 Å². The molecule has 5 atom stereocenters. The molecule has 0 aromatic heterocycles. The molecule has 0 radical (unpaired) electrons. The molecule has 0 bridgehead atoms. The number of fused-ring (bicyclic) bond motifs is 1. The molecule has 0 aromatic carbocycles. The van der Waals surface area contributed by atoms with E-state index in [1.807, 2.05) is 6.92 Å². The van der Waals surface area contributed by atoms with E-state index < -0.39 is 15.6 Å². The van der Waals surface area contributed by atoms with Crippen molar-refractivity contribution in [1.29, 1.82) is 0 Å². The molecule has 0 saturated heterocycles. The highest BCUT2D eigenvalue weighted by molar-refractivity contribution is 7.60. The lowest BCUT2D eigenvalue weighted by atomic mass is 9.47. The number of phosphoric ester groups is 1. The Morgan fingerprint density at radius 1 is 1.14 bits per heavy atom. The molecule has 2 aliphatic rings. The summed E-state index contributed by atoms with van der Waals surface area (Å²) in [5.41, 5.74) is 1.31. The number of aliphatic hydroxyl groups is 1. The van der Waals surface area contributed by atoms with Gasteiger partial charge < -0.3 is 19.8 Å². The van der Waals surface area contributed by atoms with Crippen LogP contribution in [0.1, 0.15) is 72.6 Å². The third-order valence-corrected chi connectivity index (χ3v) is 9.22. The maximum Gasteiger partial charge on any atom is 0.481 e. The predicted octanol–water partition coefficient (Wildman–Crippen LogP) is 4.54. The SMILES string of the molecule is C/C(=C\COP(=O)(O)OP(=O)(O)O)CC[C@H]1[C@H](O)CC[C@@H]2C(C)(C)CCC[C@]21C. The van der Waals surface area contributed by atoms with Crippen molar-refractivity contribution in [3.8, 4) is 0 Å². The van der Waals surface area contributed by atoms with Crippen LogP contribution in [0, 0.1) is 22.7 Å². The second kappa shape index (κ2) is 9.22. The van der Waals surface area contributed by atoms with Crippen LogP contribution >= 0.6 is 15.6 Å². The molecule has 0 aliphatic heterocycles. The molecule has 2 fully saturated rings. The van der Waals surface area contributed by atoms with Crippen LogP contribution in [-0.4, -0.2) is 32.5 Å². The molecule has 0 aromatic rings. The maximum absolute atomic E-state index is 11.5. The first-order chi connectivity index (χ1) is 13.2. The third-order valence-electron chi connectivity index (χ3n) is 7.07. The van der Waals surface area contributed by atoms with Gasteiger partial charge in [0.2, 0.25) is 0 Å². The molecule has 2 aliphatic carbocycles. The van der Waals surface area contributed by atoms with Crippen molar-refractivity contribution in [1.82, 2.24) is 0 Å². The minimum absolute atomic E-state index is 0.105. The smallest absolute Gasteiger partial charge is 0.393 e. The van der Waals surface area contributed by atoms with Gasteiger partial charge in [-0.1, -0.05) is 38.8 Å². The number of rotatable bonds is 8. The lowest BCUT2D eigenvalue weighted by Gasteiger charge is -2.58. The number of aliphatic hydroxyl groups excluding tert-OH is 1. The van der Waals surface area contributed by atoms with Crippen molar-refractivity contribution in [3.63, 3.8) is 0 Å². The molecular weight excluding hydrogens is 418 g/mol. The number of hydrogen-bond donors (Lipinski definition) is 4. The topological polar surface area (TPSA) is 134 Å². The minimum Gasteiger partial charge on any atom is -0.393 e. The van der Waals surface area contributed by atoms with Gasteiger partial charge in [-0.05, 0) is 68.1 Å².